The van der Waals surface area contributed by atoms with Crippen LogP contribution in [-0.4, -0.2) is 16.1 Å². The van der Waals surface area contributed by atoms with E-state index in [4.69, 9.17) is 0 Å². The van der Waals surface area contributed by atoms with Crippen LogP contribution in [0.25, 0.3) is 0 Å². The van der Waals surface area contributed by atoms with Crippen LogP contribution in [0.4, 0.5) is 5.95 Å². The molecule has 3 heteroatoms. The first-order valence-corrected chi connectivity index (χ1v) is 8.20. The van der Waals surface area contributed by atoms with Gasteiger partial charge in [-0.25, -0.2) is 4.98 Å². The zero-order chi connectivity index (χ0) is 12.9. The lowest BCUT2D eigenvalue weighted by Crippen LogP contribution is -2.16. The molecule has 2 aliphatic rings. The van der Waals surface area contributed by atoms with Crippen molar-refractivity contribution in [2.24, 2.45) is 5.92 Å². The third-order valence-electron chi connectivity index (χ3n) is 4.95. The van der Waals surface area contributed by atoms with Crippen molar-refractivity contribution in [3.8, 4) is 0 Å². The maximum absolute atomic E-state index is 4.51. The van der Waals surface area contributed by atoms with Gasteiger partial charge in [0.1, 0.15) is 0 Å². The first-order chi connectivity index (χ1) is 9.43. The monoisotopic (exact) mass is 261 g/mol. The lowest BCUT2D eigenvalue weighted by Gasteiger charge is -2.25. The van der Waals surface area contributed by atoms with Crippen molar-refractivity contribution in [3.63, 3.8) is 0 Å². The second kappa shape index (κ2) is 6.44. The van der Waals surface area contributed by atoms with Crippen LogP contribution in [0, 0.1) is 5.92 Å². The van der Waals surface area contributed by atoms with Gasteiger partial charge >= 0.3 is 0 Å². The third kappa shape index (κ3) is 3.31. The van der Waals surface area contributed by atoms with Crippen molar-refractivity contribution in [3.05, 3.63) is 12.4 Å². The summed E-state index contributed by atoms with van der Waals surface area (Å²) in [6.07, 6.45) is 18.0. The third-order valence-corrected chi connectivity index (χ3v) is 4.95. The standard InChI is InChI=1S/C16H27N3/c1-2-8-15(9-3-1)19-13-12-18-16(19)17-11-10-14-6-4-5-7-14/h12-15H,1-11H2,(H,17,18). The number of aromatic nitrogens is 2. The molecule has 0 amide bonds. The Kier molecular flexibility index (Phi) is 4.41. The molecule has 0 spiro atoms. The fourth-order valence-corrected chi connectivity index (χ4v) is 3.79. The molecule has 1 N–H and O–H groups in total. The molecule has 0 atom stereocenters. The highest BCUT2D eigenvalue weighted by molar-refractivity contribution is 5.26. The van der Waals surface area contributed by atoms with Crippen LogP contribution in [0.2, 0.25) is 0 Å². The van der Waals surface area contributed by atoms with Gasteiger partial charge in [0.2, 0.25) is 5.95 Å². The fourth-order valence-electron chi connectivity index (χ4n) is 3.79. The maximum atomic E-state index is 4.51. The number of nitrogens with one attached hydrogen (secondary N) is 1. The second-order valence-corrected chi connectivity index (χ2v) is 6.32. The molecule has 1 aromatic heterocycles. The normalized spacial score (nSPS) is 21.9. The van der Waals surface area contributed by atoms with E-state index in [1.54, 1.807) is 0 Å². The average molecular weight is 261 g/mol. The van der Waals surface area contributed by atoms with Crippen molar-refractivity contribution >= 4 is 5.95 Å². The van der Waals surface area contributed by atoms with E-state index >= 15 is 0 Å². The highest BCUT2D eigenvalue weighted by Gasteiger charge is 2.18. The summed E-state index contributed by atoms with van der Waals surface area (Å²) in [6.45, 7) is 1.09. The Hall–Kier alpha value is -0.990. The molecule has 1 heterocycles. The predicted molar refractivity (Wildman–Crippen MR) is 79.4 cm³/mol. The van der Waals surface area contributed by atoms with Gasteiger partial charge in [0.05, 0.1) is 0 Å². The second-order valence-electron chi connectivity index (χ2n) is 6.32. The van der Waals surface area contributed by atoms with Crippen molar-refractivity contribution < 1.29 is 0 Å². The molecule has 0 saturated heterocycles. The number of nitrogens with zero attached hydrogens (tertiary/aromatic N) is 2. The Morgan fingerprint density at radius 1 is 1.05 bits per heavy atom. The summed E-state index contributed by atoms with van der Waals surface area (Å²) < 4.78 is 2.38. The molecule has 106 valence electrons. The predicted octanol–water partition coefficient (Wildman–Crippen LogP) is 4.38. The zero-order valence-corrected chi connectivity index (χ0v) is 12.0. The first-order valence-electron chi connectivity index (χ1n) is 8.20. The van der Waals surface area contributed by atoms with Crippen LogP contribution in [0.3, 0.4) is 0 Å². The highest BCUT2D eigenvalue weighted by atomic mass is 15.2. The Bertz CT molecular complexity index is 373. The smallest absolute Gasteiger partial charge is 0.203 e. The Labute approximate surface area is 116 Å². The molecular weight excluding hydrogens is 234 g/mol. The van der Waals surface area contributed by atoms with E-state index in [-0.39, 0.29) is 0 Å². The molecule has 3 nitrogen and oxygen atoms in total. The van der Waals surface area contributed by atoms with E-state index in [1.807, 2.05) is 6.20 Å². The summed E-state index contributed by atoms with van der Waals surface area (Å²) in [4.78, 5) is 4.51. The molecule has 0 aromatic carbocycles. The van der Waals surface area contributed by atoms with Crippen LogP contribution in [0.1, 0.15) is 70.3 Å². The van der Waals surface area contributed by atoms with Crippen LogP contribution >= 0.6 is 0 Å². The van der Waals surface area contributed by atoms with Crippen LogP contribution in [-0.2, 0) is 0 Å². The number of anilines is 1. The minimum absolute atomic E-state index is 0.685. The molecule has 2 saturated carbocycles. The Morgan fingerprint density at radius 2 is 1.79 bits per heavy atom. The van der Waals surface area contributed by atoms with E-state index < -0.39 is 0 Å². The lowest BCUT2D eigenvalue weighted by atomic mass is 9.95. The quantitative estimate of drug-likeness (QED) is 0.852. The fraction of sp³-hybridized carbons (Fsp3) is 0.812. The molecule has 0 aliphatic heterocycles. The van der Waals surface area contributed by atoms with Gasteiger partial charge in [0.25, 0.3) is 0 Å². The lowest BCUT2D eigenvalue weighted by molar-refractivity contribution is 0.355. The van der Waals surface area contributed by atoms with E-state index in [1.165, 1.54) is 64.2 Å². The van der Waals surface area contributed by atoms with Crippen LogP contribution in [0.5, 0.6) is 0 Å². The molecule has 0 radical (unpaired) electrons. The van der Waals surface area contributed by atoms with Crippen molar-refractivity contribution in [1.82, 2.24) is 9.55 Å². The summed E-state index contributed by atoms with van der Waals surface area (Å²) in [5.41, 5.74) is 0. The summed E-state index contributed by atoms with van der Waals surface area (Å²) in [6, 6.07) is 0.685. The van der Waals surface area contributed by atoms with E-state index in [9.17, 15) is 0 Å². The van der Waals surface area contributed by atoms with Gasteiger partial charge in [-0.1, -0.05) is 44.9 Å². The Morgan fingerprint density at radius 3 is 2.58 bits per heavy atom. The van der Waals surface area contributed by atoms with Crippen molar-refractivity contribution in [1.29, 1.82) is 0 Å². The SMILES string of the molecule is c1cn(C2CCCCC2)c(NCCC2CCCC2)n1. The van der Waals surface area contributed by atoms with Crippen molar-refractivity contribution in [2.45, 2.75) is 70.3 Å². The number of rotatable bonds is 5. The number of hydrogen-bond donors (Lipinski definition) is 1. The van der Waals surface area contributed by atoms with Gasteiger partial charge < -0.3 is 9.88 Å². The van der Waals surface area contributed by atoms with E-state index in [2.05, 4.69) is 21.1 Å². The molecule has 0 unspecified atom stereocenters. The average Bonchev–Trinajstić information content (AvgIpc) is 3.11. The summed E-state index contributed by atoms with van der Waals surface area (Å²) >= 11 is 0. The van der Waals surface area contributed by atoms with Gasteiger partial charge in [0, 0.05) is 25.0 Å². The topological polar surface area (TPSA) is 29.9 Å². The zero-order valence-electron chi connectivity index (χ0n) is 12.0. The minimum Gasteiger partial charge on any atom is -0.356 e. The van der Waals surface area contributed by atoms with E-state index in [0.717, 1.165) is 18.4 Å². The molecular formula is C16H27N3. The molecule has 19 heavy (non-hydrogen) atoms. The Balaban J connectivity index is 1.51. The van der Waals surface area contributed by atoms with Gasteiger partial charge in [-0.15, -0.1) is 0 Å². The minimum atomic E-state index is 0.685. The van der Waals surface area contributed by atoms with Crippen LogP contribution < -0.4 is 5.32 Å². The van der Waals surface area contributed by atoms with Gasteiger partial charge in [-0.2, -0.15) is 0 Å². The number of imidazole rings is 1. The summed E-state index contributed by atoms with van der Waals surface area (Å²) in [5.74, 6) is 2.07. The number of hydrogen-bond acceptors (Lipinski definition) is 2. The van der Waals surface area contributed by atoms with Gasteiger partial charge in [-0.3, -0.25) is 0 Å². The van der Waals surface area contributed by atoms with Gasteiger partial charge in [-0.05, 0) is 25.2 Å². The van der Waals surface area contributed by atoms with Gasteiger partial charge in [0.15, 0.2) is 0 Å². The maximum Gasteiger partial charge on any atom is 0.203 e. The van der Waals surface area contributed by atoms with Crippen LogP contribution in [0.15, 0.2) is 12.4 Å². The largest absolute Gasteiger partial charge is 0.356 e. The molecule has 1 aromatic rings. The molecule has 0 bridgehead atoms. The van der Waals surface area contributed by atoms with Crippen molar-refractivity contribution in [2.75, 3.05) is 11.9 Å². The molecule has 2 aliphatic carbocycles. The molecule has 3 rings (SSSR count). The summed E-state index contributed by atoms with van der Waals surface area (Å²) in [5, 5.41) is 3.57. The highest BCUT2D eigenvalue weighted by Crippen LogP contribution is 2.30. The first kappa shape index (κ1) is 13.0. The molecule has 2 fully saturated rings. The summed E-state index contributed by atoms with van der Waals surface area (Å²) in [7, 11) is 0. The van der Waals surface area contributed by atoms with E-state index in [0.29, 0.717) is 6.04 Å².